The molecule has 1 aliphatic heterocycles. The minimum atomic E-state index is -3.61. The first-order chi connectivity index (χ1) is 9.98. The van der Waals surface area contributed by atoms with Gasteiger partial charge in [-0.25, -0.2) is 8.42 Å². The molecule has 0 unspecified atom stereocenters. The lowest BCUT2D eigenvalue weighted by atomic mass is 10.3. The third-order valence-electron chi connectivity index (χ3n) is 3.28. The number of benzene rings is 1. The average molecular weight is 315 g/mol. The van der Waals surface area contributed by atoms with Crippen molar-refractivity contribution in [3.05, 3.63) is 18.2 Å². The molecular weight excluding hydrogens is 294 g/mol. The molecule has 1 heterocycles. The van der Waals surface area contributed by atoms with Gasteiger partial charge >= 0.3 is 0 Å². The molecule has 0 spiro atoms. The lowest BCUT2D eigenvalue weighted by Gasteiger charge is -2.17. The molecule has 1 N–H and O–H groups in total. The maximum absolute atomic E-state index is 12.5. The molecule has 1 atom stereocenters. The fraction of sp³-hybridized carbons (Fsp3) is 0.571. The minimum Gasteiger partial charge on any atom is -0.490 e. The summed E-state index contributed by atoms with van der Waals surface area (Å²) in [6.45, 7) is 5.05. The summed E-state index contributed by atoms with van der Waals surface area (Å²) in [7, 11) is -3.61. The van der Waals surface area contributed by atoms with Crippen LogP contribution in [0.5, 0.6) is 11.5 Å². The van der Waals surface area contributed by atoms with Crippen LogP contribution in [-0.2, 0) is 10.0 Å². The smallest absolute Gasteiger partial charge is 0.243 e. The van der Waals surface area contributed by atoms with Crippen LogP contribution in [0.4, 0.5) is 0 Å². The largest absolute Gasteiger partial charge is 0.490 e. The second kappa shape index (κ2) is 6.64. The summed E-state index contributed by atoms with van der Waals surface area (Å²) in [5.41, 5.74) is 0. The van der Waals surface area contributed by atoms with Crippen LogP contribution in [0.15, 0.2) is 23.1 Å². The normalized spacial score (nSPS) is 19.7. The van der Waals surface area contributed by atoms with Gasteiger partial charge in [-0.2, -0.15) is 4.31 Å². The van der Waals surface area contributed by atoms with Crippen LogP contribution < -0.4 is 9.47 Å². The van der Waals surface area contributed by atoms with Crippen molar-refractivity contribution in [3.63, 3.8) is 0 Å². The molecule has 1 fully saturated rings. The van der Waals surface area contributed by atoms with Gasteiger partial charge in [-0.05, 0) is 32.4 Å². The van der Waals surface area contributed by atoms with Gasteiger partial charge in [0.25, 0.3) is 0 Å². The first kappa shape index (κ1) is 16.1. The number of ether oxygens (including phenoxy) is 2. The summed E-state index contributed by atoms with van der Waals surface area (Å²) >= 11 is 0. The lowest BCUT2D eigenvalue weighted by Crippen LogP contribution is -2.29. The second-order valence-corrected chi connectivity index (χ2v) is 6.72. The van der Waals surface area contributed by atoms with Crippen molar-refractivity contribution < 1.29 is 23.0 Å². The van der Waals surface area contributed by atoms with E-state index in [0.717, 1.165) is 0 Å². The van der Waals surface area contributed by atoms with Crippen molar-refractivity contribution in [2.45, 2.75) is 31.3 Å². The van der Waals surface area contributed by atoms with E-state index in [1.165, 1.54) is 16.4 Å². The Morgan fingerprint density at radius 2 is 1.90 bits per heavy atom. The Balaban J connectivity index is 2.32. The second-order valence-electron chi connectivity index (χ2n) is 4.78. The van der Waals surface area contributed by atoms with Crippen molar-refractivity contribution in [1.82, 2.24) is 4.31 Å². The fourth-order valence-corrected chi connectivity index (χ4v) is 3.78. The van der Waals surface area contributed by atoms with E-state index in [0.29, 0.717) is 37.7 Å². The van der Waals surface area contributed by atoms with E-state index in [4.69, 9.17) is 9.47 Å². The number of aliphatic hydroxyl groups excluding tert-OH is 1. The summed E-state index contributed by atoms with van der Waals surface area (Å²) in [6.07, 6.45) is -0.122. The summed E-state index contributed by atoms with van der Waals surface area (Å²) in [4.78, 5) is 0.156. The molecule has 1 saturated heterocycles. The van der Waals surface area contributed by atoms with Crippen LogP contribution in [0.2, 0.25) is 0 Å². The van der Waals surface area contributed by atoms with Crippen molar-refractivity contribution in [1.29, 1.82) is 0 Å². The number of β-amino-alcohol motifs (C(OH)–C–C–N with tert-alkyl or cyclic N) is 1. The lowest BCUT2D eigenvalue weighted by molar-refractivity contribution is 0.189. The third-order valence-corrected chi connectivity index (χ3v) is 5.14. The Morgan fingerprint density at radius 3 is 2.48 bits per heavy atom. The van der Waals surface area contributed by atoms with E-state index in [9.17, 15) is 13.5 Å². The first-order valence-corrected chi connectivity index (χ1v) is 8.51. The van der Waals surface area contributed by atoms with E-state index in [1.807, 2.05) is 13.8 Å². The highest BCUT2D eigenvalue weighted by atomic mass is 32.2. The van der Waals surface area contributed by atoms with Gasteiger partial charge in [0, 0.05) is 19.2 Å². The minimum absolute atomic E-state index is 0.138. The van der Waals surface area contributed by atoms with Crippen LogP contribution in [0.3, 0.4) is 0 Å². The maximum Gasteiger partial charge on any atom is 0.243 e. The third kappa shape index (κ3) is 3.48. The molecule has 0 radical (unpaired) electrons. The Hall–Kier alpha value is -1.31. The molecule has 2 rings (SSSR count). The van der Waals surface area contributed by atoms with Gasteiger partial charge in [-0.3, -0.25) is 0 Å². The topological polar surface area (TPSA) is 76.1 Å². The van der Waals surface area contributed by atoms with Gasteiger partial charge in [0.05, 0.1) is 24.2 Å². The first-order valence-electron chi connectivity index (χ1n) is 7.07. The van der Waals surface area contributed by atoms with E-state index >= 15 is 0 Å². The van der Waals surface area contributed by atoms with Gasteiger partial charge in [0.2, 0.25) is 10.0 Å². The van der Waals surface area contributed by atoms with Crippen LogP contribution >= 0.6 is 0 Å². The van der Waals surface area contributed by atoms with Gasteiger partial charge in [-0.15, -0.1) is 0 Å². The SMILES string of the molecule is CCOc1ccc(S(=O)(=O)N2CC[C@@H](O)C2)cc1OCC. The van der Waals surface area contributed by atoms with Crippen LogP contribution in [-0.4, -0.2) is 50.2 Å². The highest BCUT2D eigenvalue weighted by molar-refractivity contribution is 7.89. The predicted octanol–water partition coefficient (Wildman–Crippen LogP) is 1.24. The molecule has 1 aromatic carbocycles. The number of nitrogens with zero attached hydrogens (tertiary/aromatic N) is 1. The number of aliphatic hydroxyl groups is 1. The molecule has 0 aliphatic carbocycles. The standard InChI is InChI=1S/C14H21NO5S/c1-3-19-13-6-5-12(9-14(13)20-4-2)21(17,18)15-8-7-11(16)10-15/h5-6,9,11,16H,3-4,7-8,10H2,1-2H3/t11-/m1/s1. The van der Waals surface area contributed by atoms with Crippen molar-refractivity contribution in [3.8, 4) is 11.5 Å². The highest BCUT2D eigenvalue weighted by Gasteiger charge is 2.32. The van der Waals surface area contributed by atoms with Crippen molar-refractivity contribution in [2.75, 3.05) is 26.3 Å². The molecule has 7 heteroatoms. The summed E-state index contributed by atoms with van der Waals surface area (Å²) < 4.78 is 37.2. The molecular formula is C14H21NO5S. The van der Waals surface area contributed by atoms with E-state index in [1.54, 1.807) is 6.07 Å². The van der Waals surface area contributed by atoms with E-state index in [-0.39, 0.29) is 11.4 Å². The Kier molecular flexibility index (Phi) is 5.08. The molecule has 118 valence electrons. The zero-order valence-corrected chi connectivity index (χ0v) is 13.1. The molecule has 0 saturated carbocycles. The Bertz CT molecular complexity index is 587. The fourth-order valence-electron chi connectivity index (χ4n) is 2.27. The van der Waals surface area contributed by atoms with Crippen molar-refractivity contribution in [2.24, 2.45) is 0 Å². The van der Waals surface area contributed by atoms with Gasteiger partial charge in [-0.1, -0.05) is 0 Å². The molecule has 6 nitrogen and oxygen atoms in total. The number of sulfonamides is 1. The van der Waals surface area contributed by atoms with Gasteiger partial charge < -0.3 is 14.6 Å². The van der Waals surface area contributed by atoms with Crippen LogP contribution in [0.1, 0.15) is 20.3 Å². The molecule has 0 aromatic heterocycles. The maximum atomic E-state index is 12.5. The molecule has 21 heavy (non-hydrogen) atoms. The zero-order valence-electron chi connectivity index (χ0n) is 12.3. The van der Waals surface area contributed by atoms with Crippen LogP contribution in [0, 0.1) is 0 Å². The number of hydrogen-bond donors (Lipinski definition) is 1. The van der Waals surface area contributed by atoms with E-state index < -0.39 is 16.1 Å². The monoisotopic (exact) mass is 315 g/mol. The van der Waals surface area contributed by atoms with E-state index in [2.05, 4.69) is 0 Å². The quantitative estimate of drug-likeness (QED) is 0.855. The average Bonchev–Trinajstić information content (AvgIpc) is 2.88. The zero-order chi connectivity index (χ0) is 15.5. The molecule has 0 amide bonds. The Morgan fingerprint density at radius 1 is 1.24 bits per heavy atom. The molecule has 0 bridgehead atoms. The summed E-state index contributed by atoms with van der Waals surface area (Å²) in [5, 5.41) is 9.51. The number of hydrogen-bond acceptors (Lipinski definition) is 5. The number of rotatable bonds is 6. The summed E-state index contributed by atoms with van der Waals surface area (Å²) in [6, 6.07) is 4.59. The van der Waals surface area contributed by atoms with Crippen LogP contribution in [0.25, 0.3) is 0 Å². The summed E-state index contributed by atoms with van der Waals surface area (Å²) in [5.74, 6) is 0.944. The Labute approximate surface area is 125 Å². The highest BCUT2D eigenvalue weighted by Crippen LogP contribution is 2.32. The van der Waals surface area contributed by atoms with Gasteiger partial charge in [0.1, 0.15) is 0 Å². The van der Waals surface area contributed by atoms with Gasteiger partial charge in [0.15, 0.2) is 11.5 Å². The molecule has 1 aromatic rings. The predicted molar refractivity (Wildman–Crippen MR) is 78.2 cm³/mol. The molecule has 1 aliphatic rings. The van der Waals surface area contributed by atoms with Crippen molar-refractivity contribution >= 4 is 10.0 Å².